The van der Waals surface area contributed by atoms with Crippen molar-refractivity contribution in [1.29, 1.82) is 0 Å². The lowest BCUT2D eigenvalue weighted by Crippen LogP contribution is -2.34. The molecule has 3 rings (SSSR count). The Labute approximate surface area is 152 Å². The molecule has 0 aliphatic carbocycles. The van der Waals surface area contributed by atoms with Crippen molar-refractivity contribution in [3.05, 3.63) is 76.4 Å². The summed E-state index contributed by atoms with van der Waals surface area (Å²) >= 11 is 1.78. The molecule has 0 unspecified atom stereocenters. The van der Waals surface area contributed by atoms with Crippen LogP contribution in [-0.2, 0) is 13.1 Å². The van der Waals surface area contributed by atoms with E-state index in [1.54, 1.807) is 17.6 Å². The summed E-state index contributed by atoms with van der Waals surface area (Å²) in [6, 6.07) is 17.7. The number of hydrogen-bond donors (Lipinski definition) is 1. The minimum Gasteiger partial charge on any atom is -0.491 e. The highest BCUT2D eigenvalue weighted by molar-refractivity contribution is 7.11. The molecule has 0 spiro atoms. The number of ether oxygens (including phenoxy) is 1. The van der Waals surface area contributed by atoms with Crippen molar-refractivity contribution in [2.24, 2.45) is 0 Å². The van der Waals surface area contributed by atoms with E-state index in [0.29, 0.717) is 13.1 Å². The van der Waals surface area contributed by atoms with Gasteiger partial charge in [-0.3, -0.25) is 4.90 Å². The van der Waals surface area contributed by atoms with Gasteiger partial charge in [0.25, 0.3) is 0 Å². The fraction of sp³-hybridized carbons (Fsp3) is 0.300. The van der Waals surface area contributed by atoms with Gasteiger partial charge < -0.3 is 14.3 Å². The molecule has 132 valence electrons. The summed E-state index contributed by atoms with van der Waals surface area (Å²) in [4.78, 5) is 4.75. The zero-order valence-electron chi connectivity index (χ0n) is 14.3. The summed E-state index contributed by atoms with van der Waals surface area (Å²) in [5.74, 6) is 1.66. The molecule has 1 N–H and O–H groups in total. The van der Waals surface area contributed by atoms with Crippen molar-refractivity contribution in [2.45, 2.75) is 26.1 Å². The van der Waals surface area contributed by atoms with Crippen LogP contribution in [0.15, 0.2) is 65.3 Å². The van der Waals surface area contributed by atoms with E-state index in [1.807, 2.05) is 42.5 Å². The van der Waals surface area contributed by atoms with Gasteiger partial charge in [0.05, 0.1) is 12.8 Å². The lowest BCUT2D eigenvalue weighted by molar-refractivity contribution is 0.0608. The van der Waals surface area contributed by atoms with Crippen molar-refractivity contribution in [2.75, 3.05) is 13.2 Å². The fourth-order valence-corrected chi connectivity index (χ4v) is 3.59. The number of benzene rings is 1. The maximum absolute atomic E-state index is 10.4. The third-order valence-corrected chi connectivity index (χ3v) is 4.77. The molecule has 1 atom stereocenters. The molecule has 0 fully saturated rings. The van der Waals surface area contributed by atoms with Gasteiger partial charge in [0.2, 0.25) is 0 Å². The summed E-state index contributed by atoms with van der Waals surface area (Å²) in [6.45, 7) is 4.33. The first-order valence-corrected chi connectivity index (χ1v) is 9.16. The molecule has 0 radical (unpaired) electrons. The minimum atomic E-state index is -0.573. The summed E-state index contributed by atoms with van der Waals surface area (Å²) in [5.41, 5.74) is 0. The molecule has 4 nitrogen and oxygen atoms in total. The number of thiophene rings is 1. The molecule has 1 aromatic carbocycles. The highest BCUT2D eigenvalue weighted by atomic mass is 32.1. The van der Waals surface area contributed by atoms with Crippen molar-refractivity contribution < 1.29 is 14.3 Å². The Morgan fingerprint density at radius 2 is 1.92 bits per heavy atom. The number of aliphatic hydroxyl groups is 1. The predicted molar refractivity (Wildman–Crippen MR) is 99.8 cm³/mol. The average molecular weight is 357 g/mol. The largest absolute Gasteiger partial charge is 0.491 e. The highest BCUT2D eigenvalue weighted by Crippen LogP contribution is 2.19. The van der Waals surface area contributed by atoms with Gasteiger partial charge in [0.1, 0.15) is 24.2 Å². The van der Waals surface area contributed by atoms with E-state index in [4.69, 9.17) is 9.15 Å². The second-order valence-electron chi connectivity index (χ2n) is 6.04. The van der Waals surface area contributed by atoms with Crippen LogP contribution in [0.5, 0.6) is 5.75 Å². The number of aliphatic hydroxyl groups excluding tert-OH is 1. The third kappa shape index (κ3) is 5.74. The van der Waals surface area contributed by atoms with Gasteiger partial charge in [0.15, 0.2) is 0 Å². The predicted octanol–water partition coefficient (Wildman–Crippen LogP) is 4.09. The number of furan rings is 1. The molecular formula is C20H23NO3S. The van der Waals surface area contributed by atoms with Gasteiger partial charge in [-0.05, 0) is 43.3 Å². The Kier molecular flexibility index (Phi) is 6.28. The Bertz CT molecular complexity index is 739. The van der Waals surface area contributed by atoms with Gasteiger partial charge in [-0.15, -0.1) is 11.3 Å². The van der Waals surface area contributed by atoms with Crippen LogP contribution < -0.4 is 4.74 Å². The SMILES string of the molecule is Cc1ccc(CN(Cc2ccco2)C[C@H](O)COc2ccccc2)s1. The maximum Gasteiger partial charge on any atom is 0.119 e. The molecule has 0 saturated heterocycles. The molecule has 0 aliphatic rings. The average Bonchev–Trinajstić information content (AvgIpc) is 3.26. The summed E-state index contributed by atoms with van der Waals surface area (Å²) in [7, 11) is 0. The van der Waals surface area contributed by atoms with Gasteiger partial charge >= 0.3 is 0 Å². The molecule has 3 aromatic rings. The first-order valence-electron chi connectivity index (χ1n) is 8.35. The second kappa shape index (κ2) is 8.85. The second-order valence-corrected chi connectivity index (χ2v) is 7.41. The van der Waals surface area contributed by atoms with Crippen LogP contribution in [0.1, 0.15) is 15.5 Å². The standard InChI is InChI=1S/C20H23NO3S/c1-16-9-10-20(25-16)14-21(13-19-8-5-11-23-19)12-17(22)15-24-18-6-3-2-4-7-18/h2-11,17,22H,12-15H2,1H3/t17-/m0/s1. The van der Waals surface area contributed by atoms with E-state index in [2.05, 4.69) is 24.0 Å². The molecule has 0 saturated carbocycles. The summed E-state index contributed by atoms with van der Waals surface area (Å²) in [6.07, 6.45) is 1.11. The lowest BCUT2D eigenvalue weighted by atomic mass is 10.3. The Hall–Kier alpha value is -2.08. The normalized spacial score (nSPS) is 12.4. The summed E-state index contributed by atoms with van der Waals surface area (Å²) < 4.78 is 11.1. The molecule has 5 heteroatoms. The van der Waals surface area contributed by atoms with Crippen LogP contribution >= 0.6 is 11.3 Å². The number of nitrogens with zero attached hydrogens (tertiary/aromatic N) is 1. The number of para-hydroxylation sites is 1. The van der Waals surface area contributed by atoms with E-state index in [-0.39, 0.29) is 6.61 Å². The number of hydrogen-bond acceptors (Lipinski definition) is 5. The Balaban J connectivity index is 1.57. The molecular weight excluding hydrogens is 334 g/mol. The van der Waals surface area contributed by atoms with Gasteiger partial charge in [-0.25, -0.2) is 0 Å². The van der Waals surface area contributed by atoms with E-state index in [0.717, 1.165) is 18.1 Å². The van der Waals surface area contributed by atoms with E-state index < -0.39 is 6.10 Å². The van der Waals surface area contributed by atoms with Crippen molar-refractivity contribution in [3.63, 3.8) is 0 Å². The van der Waals surface area contributed by atoms with E-state index >= 15 is 0 Å². The summed E-state index contributed by atoms with van der Waals surface area (Å²) in [5, 5.41) is 10.4. The van der Waals surface area contributed by atoms with Crippen molar-refractivity contribution >= 4 is 11.3 Å². The first-order chi connectivity index (χ1) is 12.2. The topological polar surface area (TPSA) is 45.8 Å². The molecule has 2 heterocycles. The molecule has 0 amide bonds. The maximum atomic E-state index is 10.4. The minimum absolute atomic E-state index is 0.266. The lowest BCUT2D eigenvalue weighted by Gasteiger charge is -2.24. The molecule has 2 aromatic heterocycles. The highest BCUT2D eigenvalue weighted by Gasteiger charge is 2.15. The van der Waals surface area contributed by atoms with Crippen LogP contribution in [0.4, 0.5) is 0 Å². The van der Waals surface area contributed by atoms with Crippen LogP contribution in [0.2, 0.25) is 0 Å². The third-order valence-electron chi connectivity index (χ3n) is 3.79. The number of aryl methyl sites for hydroxylation is 1. The molecule has 0 bridgehead atoms. The first kappa shape index (κ1) is 17.7. The van der Waals surface area contributed by atoms with E-state index in [1.165, 1.54) is 9.75 Å². The van der Waals surface area contributed by atoms with Crippen molar-refractivity contribution in [3.8, 4) is 5.75 Å². The monoisotopic (exact) mass is 357 g/mol. The quantitative estimate of drug-likeness (QED) is 0.626. The van der Waals surface area contributed by atoms with Crippen molar-refractivity contribution in [1.82, 2.24) is 4.90 Å². The Morgan fingerprint density at radius 3 is 2.60 bits per heavy atom. The van der Waals surface area contributed by atoms with E-state index in [9.17, 15) is 5.11 Å². The zero-order valence-corrected chi connectivity index (χ0v) is 15.1. The molecule has 0 aliphatic heterocycles. The van der Waals surface area contributed by atoms with Crippen LogP contribution in [0.25, 0.3) is 0 Å². The van der Waals surface area contributed by atoms with Crippen LogP contribution in [-0.4, -0.2) is 29.3 Å². The zero-order chi connectivity index (χ0) is 17.5. The van der Waals surface area contributed by atoms with Gasteiger partial charge in [-0.1, -0.05) is 18.2 Å². The Morgan fingerprint density at radius 1 is 1.08 bits per heavy atom. The van der Waals surface area contributed by atoms with Crippen LogP contribution in [0.3, 0.4) is 0 Å². The molecule has 25 heavy (non-hydrogen) atoms. The smallest absolute Gasteiger partial charge is 0.119 e. The van der Waals surface area contributed by atoms with Crippen LogP contribution in [0, 0.1) is 6.92 Å². The van der Waals surface area contributed by atoms with Gasteiger partial charge in [0, 0.05) is 22.8 Å². The van der Waals surface area contributed by atoms with Gasteiger partial charge in [-0.2, -0.15) is 0 Å². The number of rotatable bonds is 9. The fourth-order valence-electron chi connectivity index (χ4n) is 2.66.